The first-order valence-electron chi connectivity index (χ1n) is 6.45. The first-order chi connectivity index (χ1) is 7.40. The molecule has 0 aromatic heterocycles. The molecule has 2 rings (SSSR count). The maximum atomic E-state index is 3.30. The van der Waals surface area contributed by atoms with Gasteiger partial charge in [-0.25, -0.2) is 0 Å². The molecule has 1 heterocycles. The lowest BCUT2D eigenvalue weighted by molar-refractivity contribution is 0.145. The minimum absolute atomic E-state index is 0.759. The second-order valence-corrected chi connectivity index (χ2v) is 4.96. The number of hydrogen-bond donors (Lipinski definition) is 1. The molecule has 2 nitrogen and oxygen atoms in total. The Balaban J connectivity index is 1.77. The zero-order valence-corrected chi connectivity index (χ0v) is 9.91. The molecule has 0 radical (unpaired) electrons. The van der Waals surface area contributed by atoms with Gasteiger partial charge in [0.1, 0.15) is 0 Å². The molecule has 0 aromatic rings. The van der Waals surface area contributed by atoms with Crippen LogP contribution in [-0.2, 0) is 0 Å². The number of nitrogens with one attached hydrogen (secondary N) is 1. The lowest BCUT2D eigenvalue weighted by Crippen LogP contribution is -2.42. The fraction of sp³-hybridized carbons (Fsp3) is 0.846. The number of likely N-dealkylation sites (tertiary alicyclic amines) is 1. The fourth-order valence-electron chi connectivity index (χ4n) is 2.88. The Kier molecular flexibility index (Phi) is 4.21. The summed E-state index contributed by atoms with van der Waals surface area (Å²) in [6.07, 6.45) is 11.6. The van der Waals surface area contributed by atoms with Gasteiger partial charge in [0.25, 0.3) is 0 Å². The van der Waals surface area contributed by atoms with Gasteiger partial charge in [-0.2, -0.15) is 0 Å². The molecule has 86 valence electrons. The molecule has 0 amide bonds. The van der Waals surface area contributed by atoms with Gasteiger partial charge >= 0.3 is 0 Å². The quantitative estimate of drug-likeness (QED) is 0.714. The lowest BCUT2D eigenvalue weighted by Gasteiger charge is -2.37. The predicted molar refractivity (Wildman–Crippen MR) is 65.0 cm³/mol. The van der Waals surface area contributed by atoms with E-state index in [9.17, 15) is 0 Å². The largest absolute Gasteiger partial charge is 0.319 e. The molecule has 1 saturated heterocycles. The van der Waals surface area contributed by atoms with Crippen LogP contribution in [0, 0.1) is 5.92 Å². The summed E-state index contributed by atoms with van der Waals surface area (Å²) in [4.78, 5) is 2.68. The van der Waals surface area contributed by atoms with E-state index in [0.717, 1.165) is 12.0 Å². The monoisotopic (exact) mass is 208 g/mol. The van der Waals surface area contributed by atoms with Gasteiger partial charge in [0.2, 0.25) is 0 Å². The first kappa shape index (κ1) is 11.2. The van der Waals surface area contributed by atoms with Gasteiger partial charge in [-0.05, 0) is 64.7 Å². The minimum Gasteiger partial charge on any atom is -0.319 e. The average Bonchev–Trinajstić information content (AvgIpc) is 2.32. The van der Waals surface area contributed by atoms with Crippen LogP contribution in [0.3, 0.4) is 0 Å². The Morgan fingerprint density at radius 1 is 1.27 bits per heavy atom. The van der Waals surface area contributed by atoms with Crippen molar-refractivity contribution in [1.82, 2.24) is 10.2 Å². The molecular formula is C13H24N2. The zero-order chi connectivity index (χ0) is 10.5. The van der Waals surface area contributed by atoms with Crippen LogP contribution in [0.15, 0.2) is 12.2 Å². The molecular weight excluding hydrogens is 184 g/mol. The van der Waals surface area contributed by atoms with E-state index in [1.807, 2.05) is 0 Å². The van der Waals surface area contributed by atoms with Gasteiger partial charge in [-0.3, -0.25) is 4.90 Å². The lowest BCUT2D eigenvalue weighted by atomic mass is 9.93. The normalized spacial score (nSPS) is 29.5. The molecule has 1 atom stereocenters. The molecule has 0 aromatic carbocycles. The second-order valence-electron chi connectivity index (χ2n) is 4.96. The van der Waals surface area contributed by atoms with Crippen LogP contribution in [0.4, 0.5) is 0 Å². The SMILES string of the molecule is CNCC1CCN(C2C=CCCC2)CC1. The van der Waals surface area contributed by atoms with Gasteiger partial charge in [-0.15, -0.1) is 0 Å². The Labute approximate surface area is 93.7 Å². The van der Waals surface area contributed by atoms with Crippen molar-refractivity contribution in [2.24, 2.45) is 5.92 Å². The van der Waals surface area contributed by atoms with Crippen LogP contribution in [0.25, 0.3) is 0 Å². The Morgan fingerprint density at radius 2 is 2.07 bits per heavy atom. The summed E-state index contributed by atoms with van der Waals surface area (Å²) in [6, 6.07) is 0.759. The predicted octanol–water partition coefficient (Wildman–Crippen LogP) is 2.03. The molecule has 15 heavy (non-hydrogen) atoms. The Bertz CT molecular complexity index is 205. The molecule has 2 aliphatic rings. The van der Waals surface area contributed by atoms with E-state index in [1.165, 1.54) is 51.7 Å². The van der Waals surface area contributed by atoms with Crippen molar-refractivity contribution in [3.63, 3.8) is 0 Å². The Morgan fingerprint density at radius 3 is 2.67 bits per heavy atom. The number of rotatable bonds is 3. The second kappa shape index (κ2) is 5.66. The maximum Gasteiger partial charge on any atom is 0.0278 e. The highest BCUT2D eigenvalue weighted by Crippen LogP contribution is 2.23. The summed E-state index contributed by atoms with van der Waals surface area (Å²) in [5.41, 5.74) is 0. The Hall–Kier alpha value is -0.340. The van der Waals surface area contributed by atoms with Gasteiger partial charge in [0, 0.05) is 6.04 Å². The highest BCUT2D eigenvalue weighted by Gasteiger charge is 2.23. The molecule has 1 fully saturated rings. The van der Waals surface area contributed by atoms with Crippen molar-refractivity contribution in [3.8, 4) is 0 Å². The smallest absolute Gasteiger partial charge is 0.0278 e. The van der Waals surface area contributed by atoms with Crippen LogP contribution < -0.4 is 5.32 Å². The van der Waals surface area contributed by atoms with Gasteiger partial charge < -0.3 is 5.32 Å². The maximum absolute atomic E-state index is 3.30. The highest BCUT2D eigenvalue weighted by molar-refractivity contribution is 4.99. The van der Waals surface area contributed by atoms with Crippen molar-refractivity contribution < 1.29 is 0 Å². The van der Waals surface area contributed by atoms with Gasteiger partial charge in [0.15, 0.2) is 0 Å². The number of hydrogen-bond acceptors (Lipinski definition) is 2. The third-order valence-electron chi connectivity index (χ3n) is 3.84. The molecule has 1 N–H and O–H groups in total. The van der Waals surface area contributed by atoms with Crippen molar-refractivity contribution in [2.45, 2.75) is 38.1 Å². The average molecular weight is 208 g/mol. The molecule has 1 unspecified atom stereocenters. The third-order valence-corrected chi connectivity index (χ3v) is 3.84. The van der Waals surface area contributed by atoms with E-state index in [2.05, 4.69) is 29.4 Å². The van der Waals surface area contributed by atoms with E-state index < -0.39 is 0 Å². The molecule has 0 spiro atoms. The van der Waals surface area contributed by atoms with Crippen LogP contribution >= 0.6 is 0 Å². The molecule has 0 bridgehead atoms. The molecule has 1 aliphatic carbocycles. The number of nitrogens with zero attached hydrogens (tertiary/aromatic N) is 1. The summed E-state index contributed by atoms with van der Waals surface area (Å²) in [7, 11) is 2.07. The summed E-state index contributed by atoms with van der Waals surface area (Å²) < 4.78 is 0. The standard InChI is InChI=1S/C13H24N2/c1-14-11-12-7-9-15(10-8-12)13-5-3-2-4-6-13/h3,5,12-14H,2,4,6-11H2,1H3. The summed E-state index contributed by atoms with van der Waals surface area (Å²) >= 11 is 0. The van der Waals surface area contributed by atoms with E-state index in [1.54, 1.807) is 0 Å². The molecule has 2 heteroatoms. The van der Waals surface area contributed by atoms with E-state index in [0.29, 0.717) is 0 Å². The van der Waals surface area contributed by atoms with Crippen molar-refractivity contribution in [2.75, 3.05) is 26.7 Å². The van der Waals surface area contributed by atoms with Crippen LogP contribution in [0.5, 0.6) is 0 Å². The van der Waals surface area contributed by atoms with Crippen LogP contribution in [0.2, 0.25) is 0 Å². The van der Waals surface area contributed by atoms with Gasteiger partial charge in [0.05, 0.1) is 0 Å². The van der Waals surface area contributed by atoms with Crippen molar-refractivity contribution >= 4 is 0 Å². The van der Waals surface area contributed by atoms with E-state index in [4.69, 9.17) is 0 Å². The zero-order valence-electron chi connectivity index (χ0n) is 9.91. The fourth-order valence-corrected chi connectivity index (χ4v) is 2.88. The highest BCUT2D eigenvalue weighted by atomic mass is 15.2. The summed E-state index contributed by atoms with van der Waals surface area (Å²) in [5, 5.41) is 3.30. The first-order valence-corrected chi connectivity index (χ1v) is 6.45. The molecule has 1 aliphatic heterocycles. The van der Waals surface area contributed by atoms with E-state index in [-0.39, 0.29) is 0 Å². The summed E-state index contributed by atoms with van der Waals surface area (Å²) in [5.74, 6) is 0.916. The van der Waals surface area contributed by atoms with E-state index >= 15 is 0 Å². The van der Waals surface area contributed by atoms with Crippen LogP contribution in [0.1, 0.15) is 32.1 Å². The number of allylic oxidation sites excluding steroid dienone is 1. The summed E-state index contributed by atoms with van der Waals surface area (Å²) in [6.45, 7) is 3.82. The minimum atomic E-state index is 0.759. The topological polar surface area (TPSA) is 15.3 Å². The van der Waals surface area contributed by atoms with Gasteiger partial charge in [-0.1, -0.05) is 12.2 Å². The molecule has 0 saturated carbocycles. The number of piperidine rings is 1. The third kappa shape index (κ3) is 3.05. The van der Waals surface area contributed by atoms with Crippen molar-refractivity contribution in [1.29, 1.82) is 0 Å². The van der Waals surface area contributed by atoms with Crippen LogP contribution in [-0.4, -0.2) is 37.6 Å². The van der Waals surface area contributed by atoms with Crippen molar-refractivity contribution in [3.05, 3.63) is 12.2 Å².